The van der Waals surface area contributed by atoms with Gasteiger partial charge in [0.1, 0.15) is 0 Å². The van der Waals surface area contributed by atoms with Crippen LogP contribution < -0.4 is 5.32 Å². The largest absolute Gasteiger partial charge is 0.353 e. The third kappa shape index (κ3) is 4.13. The highest BCUT2D eigenvalue weighted by Crippen LogP contribution is 2.21. The molecule has 1 N–H and O–H groups in total. The van der Waals surface area contributed by atoms with E-state index in [9.17, 15) is 13.2 Å². The SMILES string of the molecule is CC[C@@H](C)NC(=O)CN(CC)S(=O)(=O)c1ccc2ccccc2c1. The molecule has 6 heteroatoms. The number of amides is 1. The molecule has 0 aromatic heterocycles. The molecule has 0 aliphatic heterocycles. The molecule has 2 rings (SSSR count). The first-order valence-corrected chi connectivity index (χ1v) is 9.60. The van der Waals surface area contributed by atoms with Crippen molar-refractivity contribution >= 4 is 26.7 Å². The van der Waals surface area contributed by atoms with Crippen LogP contribution in [0.2, 0.25) is 0 Å². The molecule has 0 bridgehead atoms. The molecule has 0 radical (unpaired) electrons. The van der Waals surface area contributed by atoms with Crippen LogP contribution in [-0.2, 0) is 14.8 Å². The van der Waals surface area contributed by atoms with Gasteiger partial charge in [-0.1, -0.05) is 44.2 Å². The molecule has 5 nitrogen and oxygen atoms in total. The number of sulfonamides is 1. The molecule has 0 heterocycles. The molecule has 0 aliphatic carbocycles. The van der Waals surface area contributed by atoms with Crippen molar-refractivity contribution < 1.29 is 13.2 Å². The van der Waals surface area contributed by atoms with E-state index >= 15 is 0 Å². The van der Waals surface area contributed by atoms with Crippen molar-refractivity contribution in [3.8, 4) is 0 Å². The number of nitrogens with zero attached hydrogens (tertiary/aromatic N) is 1. The smallest absolute Gasteiger partial charge is 0.243 e. The van der Waals surface area contributed by atoms with E-state index in [0.717, 1.165) is 17.2 Å². The Morgan fingerprint density at radius 2 is 1.79 bits per heavy atom. The quantitative estimate of drug-likeness (QED) is 0.837. The zero-order chi connectivity index (χ0) is 17.7. The molecule has 0 saturated heterocycles. The highest BCUT2D eigenvalue weighted by Gasteiger charge is 2.25. The van der Waals surface area contributed by atoms with E-state index in [2.05, 4.69) is 5.32 Å². The molecule has 2 aromatic carbocycles. The van der Waals surface area contributed by atoms with E-state index < -0.39 is 10.0 Å². The fourth-order valence-electron chi connectivity index (χ4n) is 2.43. The number of hydrogen-bond donors (Lipinski definition) is 1. The first-order valence-electron chi connectivity index (χ1n) is 8.16. The highest BCUT2D eigenvalue weighted by molar-refractivity contribution is 7.89. The van der Waals surface area contributed by atoms with Gasteiger partial charge in [0.2, 0.25) is 15.9 Å². The fraction of sp³-hybridized carbons (Fsp3) is 0.389. The Balaban J connectivity index is 2.26. The van der Waals surface area contributed by atoms with Gasteiger partial charge in [0.15, 0.2) is 0 Å². The lowest BCUT2D eigenvalue weighted by Gasteiger charge is -2.21. The average Bonchev–Trinajstić information content (AvgIpc) is 2.58. The van der Waals surface area contributed by atoms with E-state index in [0.29, 0.717) is 0 Å². The maximum atomic E-state index is 12.8. The van der Waals surface area contributed by atoms with Crippen molar-refractivity contribution in [1.29, 1.82) is 0 Å². The van der Waals surface area contributed by atoms with Gasteiger partial charge in [-0.15, -0.1) is 0 Å². The Bertz CT molecular complexity index is 818. The van der Waals surface area contributed by atoms with Crippen LogP contribution in [0, 0.1) is 0 Å². The molecule has 0 fully saturated rings. The predicted molar refractivity (Wildman–Crippen MR) is 96.3 cm³/mol. The van der Waals surface area contributed by atoms with Crippen molar-refractivity contribution in [3.05, 3.63) is 42.5 Å². The van der Waals surface area contributed by atoms with Gasteiger partial charge < -0.3 is 5.32 Å². The number of carbonyl (C=O) groups excluding carboxylic acids is 1. The Kier molecular flexibility index (Phi) is 5.96. The normalized spacial score (nSPS) is 13.2. The summed E-state index contributed by atoms with van der Waals surface area (Å²) >= 11 is 0. The second kappa shape index (κ2) is 7.77. The second-order valence-electron chi connectivity index (χ2n) is 5.82. The second-order valence-corrected chi connectivity index (χ2v) is 7.75. The van der Waals surface area contributed by atoms with Crippen LogP contribution in [0.1, 0.15) is 27.2 Å². The molecule has 0 saturated carbocycles. The number of likely N-dealkylation sites (N-methyl/N-ethyl adjacent to an activating group) is 1. The number of hydrogen-bond acceptors (Lipinski definition) is 3. The van der Waals surface area contributed by atoms with Gasteiger partial charge in [-0.3, -0.25) is 4.79 Å². The highest BCUT2D eigenvalue weighted by atomic mass is 32.2. The number of carbonyl (C=O) groups is 1. The topological polar surface area (TPSA) is 66.5 Å². The minimum Gasteiger partial charge on any atom is -0.353 e. The zero-order valence-electron chi connectivity index (χ0n) is 14.3. The molecule has 0 unspecified atom stereocenters. The predicted octanol–water partition coefficient (Wildman–Crippen LogP) is 2.77. The molecule has 0 aliphatic rings. The minimum absolute atomic E-state index is 0.0274. The maximum absolute atomic E-state index is 12.8. The average molecular weight is 348 g/mol. The zero-order valence-corrected chi connectivity index (χ0v) is 15.1. The van der Waals surface area contributed by atoms with Crippen molar-refractivity contribution in [2.75, 3.05) is 13.1 Å². The van der Waals surface area contributed by atoms with Crippen LogP contribution in [0.5, 0.6) is 0 Å². The summed E-state index contributed by atoms with van der Waals surface area (Å²) in [5.74, 6) is -0.282. The summed E-state index contributed by atoms with van der Waals surface area (Å²) in [6, 6.07) is 12.6. The summed E-state index contributed by atoms with van der Waals surface area (Å²) in [6.07, 6.45) is 0.801. The van der Waals surface area contributed by atoms with Crippen molar-refractivity contribution in [3.63, 3.8) is 0 Å². The number of rotatable bonds is 7. The van der Waals surface area contributed by atoms with Crippen LogP contribution in [0.15, 0.2) is 47.4 Å². The van der Waals surface area contributed by atoms with E-state index in [1.54, 1.807) is 25.1 Å². The van der Waals surface area contributed by atoms with Crippen LogP contribution in [-0.4, -0.2) is 37.8 Å². The van der Waals surface area contributed by atoms with E-state index in [1.807, 2.05) is 38.1 Å². The molecule has 1 amide bonds. The summed E-state index contributed by atoms with van der Waals surface area (Å²) in [5.41, 5.74) is 0. The maximum Gasteiger partial charge on any atom is 0.243 e. The summed E-state index contributed by atoms with van der Waals surface area (Å²) < 4.78 is 26.9. The monoisotopic (exact) mass is 348 g/mol. The van der Waals surface area contributed by atoms with E-state index in [-0.39, 0.29) is 29.9 Å². The lowest BCUT2D eigenvalue weighted by atomic mass is 10.1. The summed E-state index contributed by atoms with van der Waals surface area (Å²) in [5, 5.41) is 4.64. The number of fused-ring (bicyclic) bond motifs is 1. The van der Waals surface area contributed by atoms with Crippen molar-refractivity contribution in [1.82, 2.24) is 9.62 Å². The Morgan fingerprint density at radius 3 is 2.42 bits per heavy atom. The van der Waals surface area contributed by atoms with Gasteiger partial charge in [-0.05, 0) is 36.2 Å². The van der Waals surface area contributed by atoms with E-state index in [1.165, 1.54) is 4.31 Å². The Morgan fingerprint density at radius 1 is 1.12 bits per heavy atom. The van der Waals surface area contributed by atoms with Gasteiger partial charge in [-0.25, -0.2) is 8.42 Å². The molecule has 1 atom stereocenters. The molecule has 24 heavy (non-hydrogen) atoms. The van der Waals surface area contributed by atoms with Crippen LogP contribution >= 0.6 is 0 Å². The third-order valence-electron chi connectivity index (χ3n) is 4.05. The first-order chi connectivity index (χ1) is 11.4. The van der Waals surface area contributed by atoms with Crippen LogP contribution in [0.4, 0.5) is 0 Å². The number of nitrogens with one attached hydrogen (secondary N) is 1. The molecular weight excluding hydrogens is 324 g/mol. The third-order valence-corrected chi connectivity index (χ3v) is 5.97. The van der Waals surface area contributed by atoms with Gasteiger partial charge >= 0.3 is 0 Å². The lowest BCUT2D eigenvalue weighted by molar-refractivity contribution is -0.121. The van der Waals surface area contributed by atoms with Gasteiger partial charge in [-0.2, -0.15) is 4.31 Å². The van der Waals surface area contributed by atoms with Gasteiger partial charge in [0.25, 0.3) is 0 Å². The van der Waals surface area contributed by atoms with Gasteiger partial charge in [0.05, 0.1) is 11.4 Å². The summed E-state index contributed by atoms with van der Waals surface area (Å²) in [7, 11) is -3.71. The van der Waals surface area contributed by atoms with Crippen molar-refractivity contribution in [2.24, 2.45) is 0 Å². The summed E-state index contributed by atoms with van der Waals surface area (Å²) in [4.78, 5) is 12.3. The van der Waals surface area contributed by atoms with E-state index in [4.69, 9.17) is 0 Å². The molecule has 0 spiro atoms. The minimum atomic E-state index is -3.71. The fourth-order valence-corrected chi connectivity index (χ4v) is 3.87. The van der Waals surface area contributed by atoms with Crippen LogP contribution in [0.25, 0.3) is 10.8 Å². The Labute approximate surface area is 143 Å². The standard InChI is InChI=1S/C18H24N2O3S/c1-4-14(3)19-18(21)13-20(5-2)24(22,23)17-11-10-15-8-6-7-9-16(15)12-17/h6-12,14H,4-5,13H2,1-3H3,(H,19,21)/t14-/m1/s1. The first kappa shape index (κ1) is 18.4. The van der Waals surface area contributed by atoms with Crippen molar-refractivity contribution in [2.45, 2.75) is 38.1 Å². The summed E-state index contributed by atoms with van der Waals surface area (Å²) in [6.45, 7) is 5.66. The molecular formula is C18H24N2O3S. The Hall–Kier alpha value is -1.92. The molecule has 130 valence electrons. The lowest BCUT2D eigenvalue weighted by Crippen LogP contribution is -2.43. The molecule has 2 aromatic rings. The van der Waals surface area contributed by atoms with Gasteiger partial charge in [0, 0.05) is 12.6 Å². The number of benzene rings is 2. The van der Waals surface area contributed by atoms with Crippen LogP contribution in [0.3, 0.4) is 0 Å².